The summed E-state index contributed by atoms with van der Waals surface area (Å²) in [6.45, 7) is 5.01. The lowest BCUT2D eigenvalue weighted by Gasteiger charge is -2.07. The second kappa shape index (κ2) is 9.51. The molecule has 162 valence electrons. The summed E-state index contributed by atoms with van der Waals surface area (Å²) in [5.74, 6) is 0.581. The van der Waals surface area contributed by atoms with Crippen LogP contribution >= 0.6 is 11.8 Å². The summed E-state index contributed by atoms with van der Waals surface area (Å²) in [5.41, 5.74) is 1.67. The van der Waals surface area contributed by atoms with Gasteiger partial charge in [0, 0.05) is 40.7 Å². The maximum atomic E-state index is 12.8. The minimum atomic E-state index is -0.131. The number of rotatable bonds is 9. The number of hydrogen-bond donors (Lipinski definition) is 1. The fraction of sp³-hybridized carbons (Fsp3) is 0.391. The third kappa shape index (κ3) is 5.44. The lowest BCUT2D eigenvalue weighted by atomic mass is 10.1. The van der Waals surface area contributed by atoms with E-state index in [1.54, 1.807) is 28.7 Å². The molecule has 1 N–H and O–H groups in total. The van der Waals surface area contributed by atoms with Crippen LogP contribution in [-0.2, 0) is 17.8 Å². The van der Waals surface area contributed by atoms with Crippen molar-refractivity contribution in [2.75, 3.05) is 6.54 Å². The number of carbonyl (C=O) groups is 1. The van der Waals surface area contributed by atoms with Gasteiger partial charge in [0.1, 0.15) is 0 Å². The number of amides is 1. The Hall–Kier alpha value is -2.87. The molecule has 1 aliphatic rings. The van der Waals surface area contributed by atoms with E-state index in [4.69, 9.17) is 0 Å². The highest BCUT2D eigenvalue weighted by molar-refractivity contribution is 7.99. The van der Waals surface area contributed by atoms with Crippen molar-refractivity contribution >= 4 is 17.7 Å². The van der Waals surface area contributed by atoms with E-state index in [9.17, 15) is 9.59 Å². The van der Waals surface area contributed by atoms with Crippen LogP contribution in [0.3, 0.4) is 0 Å². The molecule has 3 aromatic rings. The maximum absolute atomic E-state index is 12.8. The number of aromatic nitrogens is 4. The van der Waals surface area contributed by atoms with Gasteiger partial charge in [0.15, 0.2) is 5.82 Å². The molecular weight excluding hydrogens is 410 g/mol. The van der Waals surface area contributed by atoms with Crippen LogP contribution in [0.5, 0.6) is 0 Å². The molecule has 1 aromatic carbocycles. The predicted molar refractivity (Wildman–Crippen MR) is 122 cm³/mol. The summed E-state index contributed by atoms with van der Waals surface area (Å²) in [7, 11) is 0. The van der Waals surface area contributed by atoms with Gasteiger partial charge in [-0.15, -0.1) is 16.9 Å². The summed E-state index contributed by atoms with van der Waals surface area (Å²) in [4.78, 5) is 30.5. The van der Waals surface area contributed by atoms with E-state index in [0.717, 1.165) is 24.0 Å². The third-order valence-corrected chi connectivity index (χ3v) is 6.02. The first-order valence-corrected chi connectivity index (χ1v) is 11.5. The van der Waals surface area contributed by atoms with Gasteiger partial charge in [0.25, 0.3) is 0 Å². The fourth-order valence-electron chi connectivity index (χ4n) is 3.43. The van der Waals surface area contributed by atoms with E-state index in [0.29, 0.717) is 30.6 Å². The highest BCUT2D eigenvalue weighted by Crippen LogP contribution is 2.36. The predicted octanol–water partition coefficient (Wildman–Crippen LogP) is 3.30. The Balaban J connectivity index is 1.35. The van der Waals surface area contributed by atoms with E-state index < -0.39 is 0 Å². The van der Waals surface area contributed by atoms with Gasteiger partial charge >= 0.3 is 5.69 Å². The van der Waals surface area contributed by atoms with Gasteiger partial charge in [-0.3, -0.25) is 14.3 Å². The molecular formula is C23H27N5O2S. The van der Waals surface area contributed by atoms with E-state index in [-0.39, 0.29) is 17.6 Å². The Labute approximate surface area is 185 Å². The van der Waals surface area contributed by atoms with Crippen molar-refractivity contribution in [3.63, 3.8) is 0 Å². The molecule has 0 spiro atoms. The molecule has 0 atom stereocenters. The van der Waals surface area contributed by atoms with Crippen LogP contribution in [0.15, 0.2) is 58.5 Å². The first-order valence-electron chi connectivity index (χ1n) is 10.6. The molecule has 31 heavy (non-hydrogen) atoms. The number of thioether (sulfide) groups is 1. The molecule has 0 aliphatic heterocycles. The highest BCUT2D eigenvalue weighted by Gasteiger charge is 2.30. The van der Waals surface area contributed by atoms with Gasteiger partial charge in [0.2, 0.25) is 5.91 Å². The largest absolute Gasteiger partial charge is 0.354 e. The number of nitrogens with one attached hydrogen (secondary N) is 1. The molecule has 1 fully saturated rings. The average molecular weight is 438 g/mol. The molecule has 0 radical (unpaired) electrons. The average Bonchev–Trinajstić information content (AvgIpc) is 3.54. The first-order chi connectivity index (χ1) is 15.0. The Bertz CT molecular complexity index is 1090. The Morgan fingerprint density at radius 1 is 1.23 bits per heavy atom. The molecule has 1 saturated carbocycles. The SMILES string of the molecule is CC(C)Sc1ccc(CC(=O)NCCn2nc(-c3cccnc3)n(C3CC3)c2=O)cc1. The van der Waals surface area contributed by atoms with E-state index in [1.165, 1.54) is 9.58 Å². The van der Waals surface area contributed by atoms with Gasteiger partial charge in [-0.25, -0.2) is 9.48 Å². The molecule has 0 unspecified atom stereocenters. The first kappa shape index (κ1) is 21.4. The minimum Gasteiger partial charge on any atom is -0.354 e. The van der Waals surface area contributed by atoms with Crippen molar-refractivity contribution in [1.29, 1.82) is 0 Å². The molecule has 4 rings (SSSR count). The zero-order valence-corrected chi connectivity index (χ0v) is 18.6. The van der Waals surface area contributed by atoms with Crippen LogP contribution in [0.25, 0.3) is 11.4 Å². The van der Waals surface area contributed by atoms with Crippen LogP contribution in [0.4, 0.5) is 0 Å². The lowest BCUT2D eigenvalue weighted by Crippen LogP contribution is -2.32. The summed E-state index contributed by atoms with van der Waals surface area (Å²) in [6.07, 6.45) is 5.72. The smallest absolute Gasteiger partial charge is 0.346 e. The van der Waals surface area contributed by atoms with E-state index in [2.05, 4.69) is 41.4 Å². The Morgan fingerprint density at radius 2 is 2.00 bits per heavy atom. The van der Waals surface area contributed by atoms with Crippen molar-refractivity contribution in [3.05, 3.63) is 64.8 Å². The van der Waals surface area contributed by atoms with Gasteiger partial charge in [-0.2, -0.15) is 0 Å². The van der Waals surface area contributed by atoms with Crippen LogP contribution in [0.1, 0.15) is 38.3 Å². The second-order valence-corrected chi connectivity index (χ2v) is 9.66. The molecule has 2 heterocycles. The second-order valence-electron chi connectivity index (χ2n) is 8.01. The molecule has 2 aromatic heterocycles. The van der Waals surface area contributed by atoms with E-state index in [1.807, 2.05) is 24.3 Å². The van der Waals surface area contributed by atoms with Crippen LogP contribution in [0.2, 0.25) is 0 Å². The maximum Gasteiger partial charge on any atom is 0.346 e. The van der Waals surface area contributed by atoms with Crippen LogP contribution in [0, 0.1) is 0 Å². The molecule has 0 bridgehead atoms. The summed E-state index contributed by atoms with van der Waals surface area (Å²) < 4.78 is 3.20. The molecule has 1 aliphatic carbocycles. The standard InChI is InChI=1S/C23H27N5O2S/c1-16(2)31-20-9-5-17(6-10-20)14-21(29)25-12-13-27-23(30)28(19-7-8-19)22(26-27)18-4-3-11-24-15-18/h3-6,9-11,15-16,19H,7-8,12-14H2,1-2H3,(H,25,29). The van der Waals surface area contributed by atoms with Crippen molar-refractivity contribution in [2.45, 2.75) is 55.8 Å². The monoisotopic (exact) mass is 437 g/mol. The summed E-state index contributed by atoms with van der Waals surface area (Å²) >= 11 is 1.80. The number of carbonyl (C=O) groups excluding carboxylic acids is 1. The Kier molecular flexibility index (Phi) is 6.56. The van der Waals surface area contributed by atoms with Crippen LogP contribution in [-0.4, -0.2) is 37.0 Å². The minimum absolute atomic E-state index is 0.0635. The Morgan fingerprint density at radius 3 is 2.65 bits per heavy atom. The third-order valence-electron chi connectivity index (χ3n) is 5.01. The van der Waals surface area contributed by atoms with Gasteiger partial charge in [-0.1, -0.05) is 26.0 Å². The molecule has 7 nitrogen and oxygen atoms in total. The normalized spacial score (nSPS) is 13.5. The molecule has 8 heteroatoms. The number of benzene rings is 1. The lowest BCUT2D eigenvalue weighted by molar-refractivity contribution is -0.120. The van der Waals surface area contributed by atoms with Crippen molar-refractivity contribution in [2.24, 2.45) is 0 Å². The zero-order valence-electron chi connectivity index (χ0n) is 17.8. The molecule has 1 amide bonds. The van der Waals surface area contributed by atoms with Gasteiger partial charge in [0.05, 0.1) is 13.0 Å². The van der Waals surface area contributed by atoms with Gasteiger partial charge in [-0.05, 0) is 42.7 Å². The quantitative estimate of drug-likeness (QED) is 0.520. The summed E-state index contributed by atoms with van der Waals surface area (Å²) in [5, 5.41) is 7.96. The van der Waals surface area contributed by atoms with Crippen molar-refractivity contribution in [1.82, 2.24) is 24.6 Å². The van der Waals surface area contributed by atoms with Crippen molar-refractivity contribution in [3.8, 4) is 11.4 Å². The zero-order chi connectivity index (χ0) is 21.8. The van der Waals surface area contributed by atoms with Crippen molar-refractivity contribution < 1.29 is 4.79 Å². The number of pyridine rings is 1. The highest BCUT2D eigenvalue weighted by atomic mass is 32.2. The summed E-state index contributed by atoms with van der Waals surface area (Å²) in [6, 6.07) is 12.0. The van der Waals surface area contributed by atoms with Crippen LogP contribution < -0.4 is 11.0 Å². The topological polar surface area (TPSA) is 81.8 Å². The van der Waals surface area contributed by atoms with Gasteiger partial charge < -0.3 is 5.32 Å². The number of hydrogen-bond acceptors (Lipinski definition) is 5. The molecule has 0 saturated heterocycles. The number of nitrogens with zero attached hydrogens (tertiary/aromatic N) is 4. The van der Waals surface area contributed by atoms with E-state index >= 15 is 0 Å². The fourth-order valence-corrected chi connectivity index (χ4v) is 4.26.